The number of nitrogens with one attached hydrogen (secondary N) is 1. The molecule has 190 valence electrons. The first-order valence-corrected chi connectivity index (χ1v) is 12.1. The molecule has 2 aliphatic heterocycles. The van der Waals surface area contributed by atoms with Crippen molar-refractivity contribution in [1.29, 1.82) is 0 Å². The minimum Gasteiger partial charge on any atom is -0.462 e. The number of pyridine rings is 1. The fourth-order valence-corrected chi connectivity index (χ4v) is 4.67. The fraction of sp³-hybridized carbons (Fsp3) is 0.440. The highest BCUT2D eigenvalue weighted by Crippen LogP contribution is 2.38. The van der Waals surface area contributed by atoms with Crippen LogP contribution in [0.4, 0.5) is 5.95 Å². The predicted molar refractivity (Wildman–Crippen MR) is 133 cm³/mol. The van der Waals surface area contributed by atoms with E-state index in [0.29, 0.717) is 23.4 Å². The molecular formula is C25H31N7O4. The molecule has 2 aliphatic rings. The molecule has 0 aromatic carbocycles. The lowest BCUT2D eigenvalue weighted by Crippen LogP contribution is -2.47. The Morgan fingerprint density at radius 3 is 2.53 bits per heavy atom. The number of ether oxygens (including phenoxy) is 1. The predicted octanol–water partition coefficient (Wildman–Crippen LogP) is 2.49. The maximum atomic E-state index is 13.1. The van der Waals surface area contributed by atoms with Crippen molar-refractivity contribution in [3.05, 3.63) is 81.3 Å². The van der Waals surface area contributed by atoms with E-state index in [0.717, 1.165) is 45.1 Å². The van der Waals surface area contributed by atoms with Crippen molar-refractivity contribution in [2.24, 2.45) is 0 Å². The Morgan fingerprint density at radius 1 is 1.11 bits per heavy atom. The van der Waals surface area contributed by atoms with Gasteiger partial charge in [0.15, 0.2) is 0 Å². The number of carbonyl (C=O) groups excluding carboxylic acids is 1. The minimum absolute atomic E-state index is 0.0689. The Bertz CT molecular complexity index is 1130. The first kappa shape index (κ1) is 25.2. The van der Waals surface area contributed by atoms with Crippen LogP contribution in [0.1, 0.15) is 38.2 Å². The summed E-state index contributed by atoms with van der Waals surface area (Å²) in [5.74, 6) is -0.620. The molecule has 1 atom stereocenters. The maximum absolute atomic E-state index is 13.1. The number of aromatic nitrogens is 3. The van der Waals surface area contributed by atoms with E-state index >= 15 is 0 Å². The van der Waals surface area contributed by atoms with Crippen LogP contribution in [-0.4, -0.2) is 70.1 Å². The first-order chi connectivity index (χ1) is 17.5. The van der Waals surface area contributed by atoms with Crippen LogP contribution in [-0.2, 0) is 9.53 Å². The summed E-state index contributed by atoms with van der Waals surface area (Å²) in [7, 11) is 0. The maximum Gasteiger partial charge on any atom is 0.336 e. The molecule has 36 heavy (non-hydrogen) atoms. The molecule has 0 saturated carbocycles. The Balaban J connectivity index is 1.28. The molecule has 1 saturated heterocycles. The number of hydrogen-bond acceptors (Lipinski definition) is 10. The molecular weight excluding hydrogens is 462 g/mol. The van der Waals surface area contributed by atoms with Gasteiger partial charge < -0.3 is 15.0 Å². The Kier molecular flexibility index (Phi) is 8.21. The number of unbranched alkanes of at least 4 members (excludes halogenated alkanes) is 1. The first-order valence-electron chi connectivity index (χ1n) is 12.1. The highest BCUT2D eigenvalue weighted by Gasteiger charge is 2.41. The van der Waals surface area contributed by atoms with E-state index in [2.05, 4.69) is 30.1 Å². The van der Waals surface area contributed by atoms with Crippen LogP contribution in [0.2, 0.25) is 0 Å². The molecule has 4 rings (SSSR count). The van der Waals surface area contributed by atoms with Crippen LogP contribution < -0.4 is 10.2 Å². The standard InChI is InChI=1S/C25H31N7O4/c1-18-21(22(20-7-5-8-26-17-20)23(32(34)35)19(2)29-18)24(33)36-16-4-3-11-30-12-14-31(15-13-30)25-27-9-6-10-28-25/h5-10,17,22,29H,3-4,11-16H2,1-2H3. The van der Waals surface area contributed by atoms with E-state index in [4.69, 9.17) is 4.74 Å². The lowest BCUT2D eigenvalue weighted by atomic mass is 9.85. The summed E-state index contributed by atoms with van der Waals surface area (Å²) in [5, 5.41) is 14.8. The Labute approximate surface area is 210 Å². The molecule has 1 fully saturated rings. The summed E-state index contributed by atoms with van der Waals surface area (Å²) in [5.41, 5.74) is 1.72. The Hall–Kier alpha value is -3.86. The molecule has 4 heterocycles. The number of anilines is 1. The van der Waals surface area contributed by atoms with Crippen molar-refractivity contribution >= 4 is 11.9 Å². The van der Waals surface area contributed by atoms with Gasteiger partial charge in [0.2, 0.25) is 5.95 Å². The van der Waals surface area contributed by atoms with Gasteiger partial charge in [-0.2, -0.15) is 0 Å². The van der Waals surface area contributed by atoms with Crippen molar-refractivity contribution in [3.8, 4) is 0 Å². The number of rotatable bonds is 9. The zero-order chi connectivity index (χ0) is 25.5. The van der Waals surface area contributed by atoms with Gasteiger partial charge in [-0.3, -0.25) is 20.0 Å². The molecule has 0 radical (unpaired) electrons. The van der Waals surface area contributed by atoms with Gasteiger partial charge in [-0.1, -0.05) is 6.07 Å². The van der Waals surface area contributed by atoms with Crippen molar-refractivity contribution in [2.45, 2.75) is 32.6 Å². The van der Waals surface area contributed by atoms with E-state index in [-0.39, 0.29) is 17.9 Å². The zero-order valence-electron chi connectivity index (χ0n) is 20.6. The van der Waals surface area contributed by atoms with Crippen LogP contribution in [0.25, 0.3) is 0 Å². The van der Waals surface area contributed by atoms with Crippen molar-refractivity contribution in [2.75, 3.05) is 44.2 Å². The molecule has 2 aromatic heterocycles. The number of hydrogen-bond donors (Lipinski definition) is 1. The number of allylic oxidation sites excluding steroid dienone is 3. The van der Waals surface area contributed by atoms with Crippen molar-refractivity contribution < 1.29 is 14.5 Å². The molecule has 0 aliphatic carbocycles. The molecule has 11 nitrogen and oxygen atoms in total. The van der Waals surface area contributed by atoms with Gasteiger partial charge in [-0.15, -0.1) is 0 Å². The summed E-state index contributed by atoms with van der Waals surface area (Å²) in [4.78, 5) is 41.8. The monoisotopic (exact) mass is 493 g/mol. The summed E-state index contributed by atoms with van der Waals surface area (Å²) in [6.45, 7) is 8.15. The van der Waals surface area contributed by atoms with E-state index in [1.54, 1.807) is 50.8 Å². The Morgan fingerprint density at radius 2 is 1.86 bits per heavy atom. The average molecular weight is 494 g/mol. The molecule has 1 N–H and O–H groups in total. The molecule has 0 spiro atoms. The summed E-state index contributed by atoms with van der Waals surface area (Å²) in [6, 6.07) is 5.26. The van der Waals surface area contributed by atoms with Crippen LogP contribution in [0, 0.1) is 10.1 Å². The van der Waals surface area contributed by atoms with Gasteiger partial charge in [-0.05, 0) is 50.9 Å². The number of carbonyl (C=O) groups is 1. The zero-order valence-corrected chi connectivity index (χ0v) is 20.6. The second-order valence-electron chi connectivity index (χ2n) is 8.87. The fourth-order valence-electron chi connectivity index (χ4n) is 4.67. The molecule has 11 heteroatoms. The van der Waals surface area contributed by atoms with Crippen LogP contribution in [0.3, 0.4) is 0 Å². The SMILES string of the molecule is CC1=C(C(=O)OCCCCN2CCN(c3ncccn3)CC2)C(c2cccnc2)C([N+](=O)[O-])=C(C)N1. The number of esters is 1. The van der Waals surface area contributed by atoms with Crippen molar-refractivity contribution in [3.63, 3.8) is 0 Å². The molecule has 0 bridgehead atoms. The number of dihydropyridines is 1. The summed E-state index contributed by atoms with van der Waals surface area (Å²) in [6.07, 6.45) is 8.25. The third kappa shape index (κ3) is 5.85. The topological polar surface area (TPSA) is 127 Å². The van der Waals surface area contributed by atoms with E-state index in [9.17, 15) is 14.9 Å². The van der Waals surface area contributed by atoms with Gasteiger partial charge in [0.05, 0.1) is 22.8 Å². The van der Waals surface area contributed by atoms with Gasteiger partial charge in [-0.25, -0.2) is 14.8 Å². The third-order valence-electron chi connectivity index (χ3n) is 6.47. The molecule has 0 amide bonds. The van der Waals surface area contributed by atoms with Gasteiger partial charge in [0, 0.05) is 56.7 Å². The van der Waals surface area contributed by atoms with Gasteiger partial charge >= 0.3 is 5.97 Å². The lowest BCUT2D eigenvalue weighted by Gasteiger charge is -2.34. The lowest BCUT2D eigenvalue weighted by molar-refractivity contribution is -0.431. The quantitative estimate of drug-likeness (QED) is 0.241. The molecule has 2 aromatic rings. The van der Waals surface area contributed by atoms with E-state index < -0.39 is 16.8 Å². The van der Waals surface area contributed by atoms with E-state index in [1.807, 2.05) is 6.07 Å². The highest BCUT2D eigenvalue weighted by atomic mass is 16.6. The second-order valence-corrected chi connectivity index (χ2v) is 8.87. The average Bonchev–Trinajstić information content (AvgIpc) is 2.89. The van der Waals surface area contributed by atoms with Crippen molar-refractivity contribution in [1.82, 2.24) is 25.2 Å². The van der Waals surface area contributed by atoms with E-state index in [1.165, 1.54) is 0 Å². The number of piperazine rings is 1. The highest BCUT2D eigenvalue weighted by molar-refractivity contribution is 5.92. The smallest absolute Gasteiger partial charge is 0.336 e. The number of nitrogens with zero attached hydrogens (tertiary/aromatic N) is 6. The van der Waals surface area contributed by atoms with Crippen LogP contribution in [0.15, 0.2) is 65.7 Å². The molecule has 1 unspecified atom stereocenters. The van der Waals surface area contributed by atoms with Crippen LogP contribution in [0.5, 0.6) is 0 Å². The van der Waals surface area contributed by atoms with Gasteiger partial charge in [0.1, 0.15) is 5.92 Å². The minimum atomic E-state index is -0.840. The summed E-state index contributed by atoms with van der Waals surface area (Å²) < 4.78 is 5.59. The number of nitro groups is 1. The van der Waals surface area contributed by atoms with Crippen LogP contribution >= 0.6 is 0 Å². The van der Waals surface area contributed by atoms with Gasteiger partial charge in [0.25, 0.3) is 5.70 Å². The normalized spacial score (nSPS) is 18.7. The second kappa shape index (κ2) is 11.7. The summed E-state index contributed by atoms with van der Waals surface area (Å²) >= 11 is 0. The third-order valence-corrected chi connectivity index (χ3v) is 6.47. The largest absolute Gasteiger partial charge is 0.462 e.